The number of hydrogen-bond acceptors (Lipinski definition) is 4. The summed E-state index contributed by atoms with van der Waals surface area (Å²) in [7, 11) is -3.53. The molecule has 0 aliphatic carbocycles. The van der Waals surface area contributed by atoms with Gasteiger partial charge in [-0.3, -0.25) is 4.90 Å². The van der Waals surface area contributed by atoms with E-state index in [4.69, 9.17) is 0 Å². The Morgan fingerprint density at radius 3 is 2.11 bits per heavy atom. The number of aryl methyl sites for hydroxylation is 1. The maximum absolute atomic E-state index is 12.7. The number of hydrogen-bond donors (Lipinski definition) is 1. The van der Waals surface area contributed by atoms with Crippen molar-refractivity contribution in [1.29, 1.82) is 0 Å². The predicted octanol–water partition coefficient (Wildman–Crippen LogP) is 2.87. The van der Waals surface area contributed by atoms with Crippen LogP contribution >= 0.6 is 0 Å². The molecule has 1 heterocycles. The van der Waals surface area contributed by atoms with E-state index in [0.717, 1.165) is 31.7 Å². The SMILES string of the molecule is Cc1ccc(S(=O)(=O)NC(C)(C)CN2CCN(c3ccccc3)CC2)cc1. The minimum Gasteiger partial charge on any atom is -0.369 e. The molecule has 6 heteroatoms. The van der Waals surface area contributed by atoms with Gasteiger partial charge >= 0.3 is 0 Å². The number of nitrogens with one attached hydrogen (secondary N) is 1. The number of nitrogens with zero attached hydrogens (tertiary/aromatic N) is 2. The van der Waals surface area contributed by atoms with Crippen molar-refractivity contribution < 1.29 is 8.42 Å². The number of rotatable bonds is 6. The van der Waals surface area contributed by atoms with Crippen molar-refractivity contribution in [3.8, 4) is 0 Å². The van der Waals surface area contributed by atoms with Crippen molar-refractivity contribution in [3.63, 3.8) is 0 Å². The van der Waals surface area contributed by atoms with E-state index in [1.807, 2.05) is 39.0 Å². The van der Waals surface area contributed by atoms with Crippen molar-refractivity contribution in [2.24, 2.45) is 0 Å². The van der Waals surface area contributed by atoms with Crippen molar-refractivity contribution in [2.45, 2.75) is 31.2 Å². The standard InChI is InChI=1S/C21H29N3O2S/c1-18-9-11-20(12-10-18)27(25,26)22-21(2,3)17-23-13-15-24(16-14-23)19-7-5-4-6-8-19/h4-12,22H,13-17H2,1-3H3. The lowest BCUT2D eigenvalue weighted by Gasteiger charge is -2.39. The average molecular weight is 388 g/mol. The lowest BCUT2D eigenvalue weighted by atomic mass is 10.1. The van der Waals surface area contributed by atoms with Gasteiger partial charge < -0.3 is 4.90 Å². The Hall–Kier alpha value is -1.89. The van der Waals surface area contributed by atoms with Crippen molar-refractivity contribution in [3.05, 3.63) is 60.2 Å². The van der Waals surface area contributed by atoms with E-state index in [9.17, 15) is 8.42 Å². The number of anilines is 1. The van der Waals surface area contributed by atoms with Crippen LogP contribution in [0.25, 0.3) is 0 Å². The average Bonchev–Trinajstić information content (AvgIpc) is 2.62. The maximum atomic E-state index is 12.7. The Labute approximate surface area is 163 Å². The summed E-state index contributed by atoms with van der Waals surface area (Å²) in [6.07, 6.45) is 0. The van der Waals surface area contributed by atoms with Crippen LogP contribution in [-0.4, -0.2) is 51.6 Å². The van der Waals surface area contributed by atoms with E-state index in [1.54, 1.807) is 12.1 Å². The fourth-order valence-corrected chi connectivity index (χ4v) is 4.94. The van der Waals surface area contributed by atoms with Gasteiger partial charge in [0.05, 0.1) is 4.90 Å². The molecule has 2 aromatic rings. The van der Waals surface area contributed by atoms with E-state index >= 15 is 0 Å². The highest BCUT2D eigenvalue weighted by Gasteiger charge is 2.29. The lowest BCUT2D eigenvalue weighted by Crippen LogP contribution is -2.55. The summed E-state index contributed by atoms with van der Waals surface area (Å²) in [5.41, 5.74) is 1.75. The van der Waals surface area contributed by atoms with Gasteiger partial charge in [-0.05, 0) is 45.0 Å². The molecule has 2 aromatic carbocycles. The van der Waals surface area contributed by atoms with Crippen LogP contribution in [-0.2, 0) is 10.0 Å². The van der Waals surface area contributed by atoms with Gasteiger partial charge in [-0.25, -0.2) is 13.1 Å². The van der Waals surface area contributed by atoms with E-state index in [0.29, 0.717) is 11.4 Å². The third kappa shape index (κ3) is 5.31. The summed E-state index contributed by atoms with van der Waals surface area (Å²) in [5.74, 6) is 0. The van der Waals surface area contributed by atoms with Gasteiger partial charge in [-0.1, -0.05) is 35.9 Å². The molecule has 1 fully saturated rings. The second-order valence-electron chi connectivity index (χ2n) is 7.90. The zero-order valence-electron chi connectivity index (χ0n) is 16.4. The van der Waals surface area contributed by atoms with E-state index in [-0.39, 0.29) is 0 Å². The molecule has 0 bridgehead atoms. The van der Waals surface area contributed by atoms with Gasteiger partial charge in [0.1, 0.15) is 0 Å². The van der Waals surface area contributed by atoms with Crippen LogP contribution < -0.4 is 9.62 Å². The quantitative estimate of drug-likeness (QED) is 0.828. The molecule has 5 nitrogen and oxygen atoms in total. The second kappa shape index (κ2) is 8.00. The van der Waals surface area contributed by atoms with E-state index in [2.05, 4.69) is 38.8 Å². The van der Waals surface area contributed by atoms with Crippen LogP contribution in [0.4, 0.5) is 5.69 Å². The summed E-state index contributed by atoms with van der Waals surface area (Å²) in [6.45, 7) is 10.3. The molecule has 27 heavy (non-hydrogen) atoms. The molecule has 0 amide bonds. The van der Waals surface area contributed by atoms with Crippen LogP contribution in [0.2, 0.25) is 0 Å². The molecule has 0 radical (unpaired) electrons. The molecule has 0 saturated carbocycles. The van der Waals surface area contributed by atoms with Crippen LogP contribution in [0.15, 0.2) is 59.5 Å². The zero-order chi connectivity index (χ0) is 19.5. The molecule has 0 aromatic heterocycles. The second-order valence-corrected chi connectivity index (χ2v) is 9.58. The first-order valence-corrected chi connectivity index (χ1v) is 10.9. The molecular weight excluding hydrogens is 358 g/mol. The molecule has 3 rings (SSSR count). The van der Waals surface area contributed by atoms with Crippen LogP contribution in [0.1, 0.15) is 19.4 Å². The van der Waals surface area contributed by atoms with Gasteiger partial charge in [0.15, 0.2) is 0 Å². The van der Waals surface area contributed by atoms with Crippen molar-refractivity contribution in [2.75, 3.05) is 37.6 Å². The first kappa shape index (κ1) is 19.9. The number of piperazine rings is 1. The Morgan fingerprint density at radius 2 is 1.52 bits per heavy atom. The molecular formula is C21H29N3O2S. The minimum absolute atomic E-state index is 0.315. The third-order valence-electron chi connectivity index (χ3n) is 4.85. The molecule has 0 spiro atoms. The van der Waals surface area contributed by atoms with Crippen LogP contribution in [0.5, 0.6) is 0 Å². The number of sulfonamides is 1. The monoisotopic (exact) mass is 387 g/mol. The summed E-state index contributed by atoms with van der Waals surface area (Å²) < 4.78 is 28.3. The Balaban J connectivity index is 1.58. The number of benzene rings is 2. The molecule has 1 saturated heterocycles. The Bertz CT molecular complexity index is 841. The van der Waals surface area contributed by atoms with Crippen molar-refractivity contribution >= 4 is 15.7 Å². The largest absolute Gasteiger partial charge is 0.369 e. The third-order valence-corrected chi connectivity index (χ3v) is 6.57. The minimum atomic E-state index is -3.53. The molecule has 0 atom stereocenters. The lowest BCUT2D eigenvalue weighted by molar-refractivity contribution is 0.205. The summed E-state index contributed by atoms with van der Waals surface area (Å²) in [6, 6.07) is 17.4. The Kier molecular flexibility index (Phi) is 5.89. The molecule has 146 valence electrons. The summed E-state index contributed by atoms with van der Waals surface area (Å²) >= 11 is 0. The predicted molar refractivity (Wildman–Crippen MR) is 111 cm³/mol. The zero-order valence-corrected chi connectivity index (χ0v) is 17.2. The highest BCUT2D eigenvalue weighted by Crippen LogP contribution is 2.18. The Morgan fingerprint density at radius 1 is 0.926 bits per heavy atom. The first-order chi connectivity index (χ1) is 12.8. The highest BCUT2D eigenvalue weighted by molar-refractivity contribution is 7.89. The van der Waals surface area contributed by atoms with E-state index in [1.165, 1.54) is 5.69 Å². The molecule has 1 aliphatic rings. The smallest absolute Gasteiger partial charge is 0.241 e. The highest BCUT2D eigenvalue weighted by atomic mass is 32.2. The fourth-order valence-electron chi connectivity index (χ4n) is 3.53. The molecule has 1 N–H and O–H groups in total. The van der Waals surface area contributed by atoms with Crippen molar-refractivity contribution in [1.82, 2.24) is 9.62 Å². The number of para-hydroxylation sites is 1. The maximum Gasteiger partial charge on any atom is 0.241 e. The topological polar surface area (TPSA) is 52.7 Å². The van der Waals surface area contributed by atoms with Gasteiger partial charge in [-0.15, -0.1) is 0 Å². The normalized spacial score (nSPS) is 16.5. The summed E-state index contributed by atoms with van der Waals surface area (Å²) in [5, 5.41) is 0. The van der Waals surface area contributed by atoms with Gasteiger partial charge in [-0.2, -0.15) is 0 Å². The van der Waals surface area contributed by atoms with Gasteiger partial charge in [0, 0.05) is 44.0 Å². The van der Waals surface area contributed by atoms with E-state index < -0.39 is 15.6 Å². The van der Waals surface area contributed by atoms with Gasteiger partial charge in [0.25, 0.3) is 0 Å². The van der Waals surface area contributed by atoms with Crippen LogP contribution in [0, 0.1) is 6.92 Å². The summed E-state index contributed by atoms with van der Waals surface area (Å²) in [4.78, 5) is 5.02. The fraction of sp³-hybridized carbons (Fsp3) is 0.429. The van der Waals surface area contributed by atoms with Gasteiger partial charge in [0.2, 0.25) is 10.0 Å². The first-order valence-electron chi connectivity index (χ1n) is 9.38. The molecule has 1 aliphatic heterocycles. The molecule has 0 unspecified atom stereocenters. The van der Waals surface area contributed by atoms with Crippen LogP contribution in [0.3, 0.4) is 0 Å².